The molecule has 1 saturated carbocycles. The van der Waals surface area contributed by atoms with Crippen molar-refractivity contribution in [3.05, 3.63) is 11.8 Å². The summed E-state index contributed by atoms with van der Waals surface area (Å²) < 4.78 is 1.84. The zero-order valence-electron chi connectivity index (χ0n) is 15.2. The van der Waals surface area contributed by atoms with Gasteiger partial charge in [-0.15, -0.1) is 12.4 Å². The first kappa shape index (κ1) is 18.7. The molecule has 5 nitrogen and oxygen atoms in total. The standard InChI is InChI=1S/C19H30N4O.ClH/c1-23-18(12-17(22-23)14-5-3-2-4-6-14)21-19(24)11-13-9-15-7-8-16(10-13)20-15;/h12-16,20H,2-11H2,1H3,(H,21,24);1H. The van der Waals surface area contributed by atoms with Crippen molar-refractivity contribution in [2.45, 2.75) is 82.2 Å². The number of hydrogen-bond acceptors (Lipinski definition) is 3. The van der Waals surface area contributed by atoms with Gasteiger partial charge in [-0.3, -0.25) is 9.48 Å². The highest BCUT2D eigenvalue weighted by atomic mass is 35.5. The largest absolute Gasteiger partial charge is 0.311 e. The molecule has 3 heterocycles. The molecule has 2 unspecified atom stereocenters. The maximum atomic E-state index is 12.5. The summed E-state index contributed by atoms with van der Waals surface area (Å²) in [6, 6.07) is 3.40. The lowest BCUT2D eigenvalue weighted by atomic mass is 9.87. The van der Waals surface area contributed by atoms with Crippen LogP contribution in [0.15, 0.2) is 6.07 Å². The minimum atomic E-state index is 0. The molecule has 2 atom stereocenters. The highest BCUT2D eigenvalue weighted by molar-refractivity contribution is 5.90. The van der Waals surface area contributed by atoms with E-state index in [0.717, 1.165) is 24.4 Å². The normalized spacial score (nSPS) is 29.2. The van der Waals surface area contributed by atoms with Crippen molar-refractivity contribution >= 4 is 24.1 Å². The third-order valence-electron chi connectivity index (χ3n) is 6.23. The fourth-order valence-corrected chi connectivity index (χ4v) is 5.00. The first-order valence-corrected chi connectivity index (χ1v) is 9.77. The van der Waals surface area contributed by atoms with Crippen LogP contribution in [0.4, 0.5) is 5.82 Å². The maximum Gasteiger partial charge on any atom is 0.225 e. The molecule has 25 heavy (non-hydrogen) atoms. The van der Waals surface area contributed by atoms with Crippen molar-refractivity contribution in [2.24, 2.45) is 13.0 Å². The topological polar surface area (TPSA) is 59.0 Å². The number of carbonyl (C=O) groups is 1. The third kappa shape index (κ3) is 4.37. The molecule has 1 aromatic heterocycles. The SMILES string of the molecule is Cl.Cn1nc(C2CCCCC2)cc1NC(=O)CC1CC2CCC(C1)N2. The zero-order chi connectivity index (χ0) is 16.5. The lowest BCUT2D eigenvalue weighted by Crippen LogP contribution is -2.39. The number of hydrogen-bond donors (Lipinski definition) is 2. The van der Waals surface area contributed by atoms with Crippen LogP contribution in [0.25, 0.3) is 0 Å². The van der Waals surface area contributed by atoms with Crippen LogP contribution in [0.5, 0.6) is 0 Å². The number of anilines is 1. The van der Waals surface area contributed by atoms with Gasteiger partial charge in [-0.05, 0) is 44.4 Å². The quantitative estimate of drug-likeness (QED) is 0.853. The van der Waals surface area contributed by atoms with Crippen molar-refractivity contribution < 1.29 is 4.79 Å². The van der Waals surface area contributed by atoms with Gasteiger partial charge in [-0.25, -0.2) is 0 Å². The van der Waals surface area contributed by atoms with E-state index in [4.69, 9.17) is 0 Å². The number of nitrogens with zero attached hydrogens (tertiary/aromatic N) is 2. The van der Waals surface area contributed by atoms with E-state index in [0.29, 0.717) is 30.3 Å². The number of aryl methyl sites for hydroxylation is 1. The van der Waals surface area contributed by atoms with Crippen LogP contribution in [0.2, 0.25) is 0 Å². The summed E-state index contributed by atoms with van der Waals surface area (Å²) in [5.41, 5.74) is 1.16. The van der Waals surface area contributed by atoms with E-state index in [2.05, 4.69) is 21.8 Å². The van der Waals surface area contributed by atoms with Gasteiger partial charge in [-0.2, -0.15) is 5.10 Å². The Morgan fingerprint density at radius 1 is 1.20 bits per heavy atom. The van der Waals surface area contributed by atoms with Gasteiger partial charge in [0.1, 0.15) is 5.82 Å². The minimum absolute atomic E-state index is 0. The van der Waals surface area contributed by atoms with Crippen LogP contribution in [-0.4, -0.2) is 27.8 Å². The molecule has 6 heteroatoms. The van der Waals surface area contributed by atoms with Gasteiger partial charge in [0.2, 0.25) is 5.91 Å². The van der Waals surface area contributed by atoms with E-state index in [-0.39, 0.29) is 18.3 Å². The fraction of sp³-hybridized carbons (Fsp3) is 0.789. The smallest absolute Gasteiger partial charge is 0.225 e. The number of piperidine rings is 1. The number of halogens is 1. The Hall–Kier alpha value is -1.07. The summed E-state index contributed by atoms with van der Waals surface area (Å²) in [5.74, 6) is 2.13. The van der Waals surface area contributed by atoms with Crippen molar-refractivity contribution in [1.29, 1.82) is 0 Å². The molecule has 2 saturated heterocycles. The Labute approximate surface area is 156 Å². The fourth-order valence-electron chi connectivity index (χ4n) is 5.00. The number of rotatable bonds is 4. The molecule has 0 spiro atoms. The first-order valence-electron chi connectivity index (χ1n) is 9.77. The second-order valence-electron chi connectivity index (χ2n) is 8.14. The van der Waals surface area contributed by atoms with E-state index < -0.39 is 0 Å². The second-order valence-corrected chi connectivity index (χ2v) is 8.14. The Morgan fingerprint density at radius 3 is 2.56 bits per heavy atom. The molecule has 0 aromatic carbocycles. The van der Waals surface area contributed by atoms with Gasteiger partial charge in [0, 0.05) is 37.5 Å². The molecule has 3 aliphatic rings. The first-order chi connectivity index (χ1) is 11.7. The van der Waals surface area contributed by atoms with E-state index in [9.17, 15) is 4.79 Å². The van der Waals surface area contributed by atoms with Crippen LogP contribution in [-0.2, 0) is 11.8 Å². The molecule has 2 aliphatic heterocycles. The molecule has 1 aliphatic carbocycles. The second kappa shape index (κ2) is 8.09. The lowest BCUT2D eigenvalue weighted by Gasteiger charge is -2.28. The molecule has 3 fully saturated rings. The van der Waals surface area contributed by atoms with Crippen LogP contribution >= 0.6 is 12.4 Å². The molecule has 1 aromatic rings. The van der Waals surface area contributed by atoms with Crippen LogP contribution in [0.3, 0.4) is 0 Å². The molecule has 4 rings (SSSR count). The summed E-state index contributed by atoms with van der Waals surface area (Å²) in [6.45, 7) is 0. The van der Waals surface area contributed by atoms with Crippen molar-refractivity contribution in [1.82, 2.24) is 15.1 Å². The van der Waals surface area contributed by atoms with Gasteiger partial charge < -0.3 is 10.6 Å². The maximum absolute atomic E-state index is 12.5. The van der Waals surface area contributed by atoms with E-state index in [1.165, 1.54) is 44.9 Å². The summed E-state index contributed by atoms with van der Waals surface area (Å²) in [5, 5.41) is 11.4. The minimum Gasteiger partial charge on any atom is -0.311 e. The van der Waals surface area contributed by atoms with E-state index in [1.54, 1.807) is 0 Å². The molecule has 2 N–H and O–H groups in total. The number of amides is 1. The number of aromatic nitrogens is 2. The average Bonchev–Trinajstić information content (AvgIpc) is 3.11. The van der Waals surface area contributed by atoms with Crippen molar-refractivity contribution in [3.8, 4) is 0 Å². The van der Waals surface area contributed by atoms with Gasteiger partial charge in [-0.1, -0.05) is 19.3 Å². The number of fused-ring (bicyclic) bond motifs is 2. The van der Waals surface area contributed by atoms with Gasteiger partial charge in [0.25, 0.3) is 0 Å². The average molecular weight is 367 g/mol. The molecule has 1 amide bonds. The van der Waals surface area contributed by atoms with Crippen molar-refractivity contribution in [3.63, 3.8) is 0 Å². The van der Waals surface area contributed by atoms with Crippen LogP contribution in [0, 0.1) is 5.92 Å². The third-order valence-corrected chi connectivity index (χ3v) is 6.23. The van der Waals surface area contributed by atoms with Gasteiger partial charge in [0.15, 0.2) is 0 Å². The number of carbonyl (C=O) groups excluding carboxylic acids is 1. The predicted molar refractivity (Wildman–Crippen MR) is 102 cm³/mol. The van der Waals surface area contributed by atoms with Gasteiger partial charge >= 0.3 is 0 Å². The Kier molecular flexibility index (Phi) is 6.05. The highest BCUT2D eigenvalue weighted by Gasteiger charge is 2.34. The molecule has 140 valence electrons. The molecular formula is C19H31ClN4O. The Bertz CT molecular complexity index is 584. The lowest BCUT2D eigenvalue weighted by molar-refractivity contribution is -0.117. The highest BCUT2D eigenvalue weighted by Crippen LogP contribution is 2.34. The summed E-state index contributed by atoms with van der Waals surface area (Å²) in [7, 11) is 1.94. The summed E-state index contributed by atoms with van der Waals surface area (Å²) in [6.07, 6.45) is 12.0. The zero-order valence-corrected chi connectivity index (χ0v) is 16.0. The number of nitrogens with one attached hydrogen (secondary N) is 2. The Balaban J connectivity index is 0.00000182. The van der Waals surface area contributed by atoms with Crippen molar-refractivity contribution in [2.75, 3.05) is 5.32 Å². The molecule has 0 radical (unpaired) electrons. The Morgan fingerprint density at radius 2 is 1.88 bits per heavy atom. The van der Waals surface area contributed by atoms with Gasteiger partial charge in [0.05, 0.1) is 5.69 Å². The molecular weight excluding hydrogens is 336 g/mol. The van der Waals surface area contributed by atoms with Crippen LogP contribution < -0.4 is 10.6 Å². The summed E-state index contributed by atoms with van der Waals surface area (Å²) >= 11 is 0. The van der Waals surface area contributed by atoms with E-state index in [1.807, 2.05) is 11.7 Å². The summed E-state index contributed by atoms with van der Waals surface area (Å²) in [4.78, 5) is 12.5. The molecule has 2 bridgehead atoms. The van der Waals surface area contributed by atoms with E-state index >= 15 is 0 Å². The predicted octanol–water partition coefficient (Wildman–Crippen LogP) is 3.75. The monoisotopic (exact) mass is 366 g/mol. The van der Waals surface area contributed by atoms with Crippen LogP contribution in [0.1, 0.15) is 75.8 Å².